The number of hydrogen-bond donors (Lipinski definition) is 3. The van der Waals surface area contributed by atoms with Crippen molar-refractivity contribution in [2.24, 2.45) is 0 Å². The molecule has 0 spiro atoms. The number of nitrogens with two attached hydrogens (primary N) is 1. The average Bonchev–Trinajstić information content (AvgIpc) is 2.78. The number of nitrogens with one attached hydrogen (secondary N) is 2. The Kier molecular flexibility index (Phi) is 7.71. The molecule has 0 aliphatic carbocycles. The number of anilines is 2. The molecule has 1 atom stereocenters. The van der Waals surface area contributed by atoms with Gasteiger partial charge < -0.3 is 21.1 Å². The second-order valence-corrected chi connectivity index (χ2v) is 6.29. The molecule has 1 aromatic rings. The minimum absolute atomic E-state index is 0.126. The van der Waals surface area contributed by atoms with E-state index < -0.39 is 0 Å². The first-order valence-electron chi connectivity index (χ1n) is 6.37. The molecular weight excluding hydrogens is 296 g/mol. The first kappa shape index (κ1) is 17.1. The Labute approximate surface area is 127 Å². The first-order valence-corrected chi connectivity index (χ1v) is 8.58. The number of nitrogens with zero attached hydrogens (tertiary/aromatic N) is 1. The molecule has 1 heterocycles. The summed E-state index contributed by atoms with van der Waals surface area (Å²) in [6, 6.07) is 0.126. The van der Waals surface area contributed by atoms with Crippen LogP contribution in [0.3, 0.4) is 0 Å². The van der Waals surface area contributed by atoms with Crippen molar-refractivity contribution in [2.45, 2.75) is 19.4 Å². The number of methoxy groups -OCH3 is 1. The topological polar surface area (TPSA) is 89.3 Å². The van der Waals surface area contributed by atoms with E-state index in [1.165, 1.54) is 11.3 Å². The van der Waals surface area contributed by atoms with Gasteiger partial charge in [0.2, 0.25) is 0 Å². The van der Waals surface area contributed by atoms with E-state index in [1.54, 1.807) is 18.9 Å². The summed E-state index contributed by atoms with van der Waals surface area (Å²) in [7, 11) is 1.63. The number of carbonyl (C=O) groups is 1. The van der Waals surface area contributed by atoms with Crippen molar-refractivity contribution in [1.82, 2.24) is 10.3 Å². The summed E-state index contributed by atoms with van der Waals surface area (Å²) < 4.78 is 4.94. The van der Waals surface area contributed by atoms with Crippen molar-refractivity contribution in [3.05, 3.63) is 4.88 Å². The molecule has 1 aromatic heterocycles. The van der Waals surface area contributed by atoms with E-state index in [1.807, 2.05) is 13.2 Å². The van der Waals surface area contributed by atoms with Gasteiger partial charge in [0.05, 0.1) is 6.61 Å². The third kappa shape index (κ3) is 5.56. The minimum Gasteiger partial charge on any atom is -0.383 e. The number of hydrogen-bond acceptors (Lipinski definition) is 7. The Morgan fingerprint density at radius 1 is 1.60 bits per heavy atom. The number of amides is 1. The van der Waals surface area contributed by atoms with E-state index in [2.05, 4.69) is 15.6 Å². The Morgan fingerprint density at radius 2 is 2.35 bits per heavy atom. The molecule has 0 aliphatic heterocycles. The third-order valence-electron chi connectivity index (χ3n) is 2.57. The van der Waals surface area contributed by atoms with Gasteiger partial charge in [0.15, 0.2) is 5.13 Å². The van der Waals surface area contributed by atoms with Crippen LogP contribution in [0.25, 0.3) is 0 Å². The lowest BCUT2D eigenvalue weighted by Gasteiger charge is -2.12. The maximum absolute atomic E-state index is 12.1. The van der Waals surface area contributed by atoms with Crippen LogP contribution in [0.15, 0.2) is 0 Å². The lowest BCUT2D eigenvalue weighted by molar-refractivity contribution is 0.0944. The summed E-state index contributed by atoms with van der Waals surface area (Å²) >= 11 is 3.03. The van der Waals surface area contributed by atoms with Gasteiger partial charge >= 0.3 is 0 Å². The summed E-state index contributed by atoms with van der Waals surface area (Å²) in [5.74, 6) is 1.13. The van der Waals surface area contributed by atoms with Gasteiger partial charge in [-0.1, -0.05) is 11.3 Å². The summed E-state index contributed by atoms with van der Waals surface area (Å²) in [6.07, 6.45) is 2.98. The lowest BCUT2D eigenvalue weighted by atomic mass is 10.2. The van der Waals surface area contributed by atoms with Gasteiger partial charge in [0.1, 0.15) is 10.7 Å². The fourth-order valence-electron chi connectivity index (χ4n) is 1.49. The number of ether oxygens (including phenoxy) is 1. The van der Waals surface area contributed by atoms with E-state index in [0.29, 0.717) is 23.2 Å². The Hall–Kier alpha value is -0.990. The second-order valence-electron chi connectivity index (χ2n) is 4.31. The SMILES string of the molecule is COCCNc1nc(N)c(C(=O)NC(C)CCSC)s1. The maximum Gasteiger partial charge on any atom is 0.265 e. The lowest BCUT2D eigenvalue weighted by Crippen LogP contribution is -2.32. The summed E-state index contributed by atoms with van der Waals surface area (Å²) in [4.78, 5) is 16.7. The largest absolute Gasteiger partial charge is 0.383 e. The van der Waals surface area contributed by atoms with Crippen LogP contribution in [0.1, 0.15) is 23.0 Å². The zero-order chi connectivity index (χ0) is 15.0. The maximum atomic E-state index is 12.1. The number of thiazole rings is 1. The number of rotatable bonds is 9. The molecule has 114 valence electrons. The van der Waals surface area contributed by atoms with E-state index in [4.69, 9.17) is 10.5 Å². The molecule has 4 N–H and O–H groups in total. The van der Waals surface area contributed by atoms with Gasteiger partial charge in [0.25, 0.3) is 5.91 Å². The van der Waals surface area contributed by atoms with Gasteiger partial charge in [-0.15, -0.1) is 0 Å². The molecule has 0 aromatic carbocycles. The summed E-state index contributed by atoms with van der Waals surface area (Å²) in [6.45, 7) is 3.20. The average molecular weight is 318 g/mol. The first-order chi connectivity index (χ1) is 9.58. The van der Waals surface area contributed by atoms with Crippen LogP contribution in [0.2, 0.25) is 0 Å². The van der Waals surface area contributed by atoms with Crippen LogP contribution < -0.4 is 16.4 Å². The van der Waals surface area contributed by atoms with Crippen LogP contribution in [0.5, 0.6) is 0 Å². The van der Waals surface area contributed by atoms with Crippen molar-refractivity contribution in [3.8, 4) is 0 Å². The standard InChI is InChI=1S/C12H22N4O2S2/c1-8(4-7-19-3)15-11(17)9-10(13)16-12(20-9)14-5-6-18-2/h8H,4-7,13H2,1-3H3,(H,14,16)(H,15,17). The van der Waals surface area contributed by atoms with Crippen molar-refractivity contribution < 1.29 is 9.53 Å². The Balaban J connectivity index is 2.54. The van der Waals surface area contributed by atoms with Crippen LogP contribution in [0, 0.1) is 0 Å². The van der Waals surface area contributed by atoms with E-state index in [-0.39, 0.29) is 17.8 Å². The van der Waals surface area contributed by atoms with Gasteiger partial charge in [-0.25, -0.2) is 4.98 Å². The quantitative estimate of drug-likeness (QED) is 0.600. The Morgan fingerprint density at radius 3 is 3.00 bits per heavy atom. The highest BCUT2D eigenvalue weighted by Crippen LogP contribution is 2.24. The fourth-order valence-corrected chi connectivity index (χ4v) is 2.89. The van der Waals surface area contributed by atoms with Crippen LogP contribution in [-0.4, -0.2) is 49.2 Å². The van der Waals surface area contributed by atoms with E-state index in [9.17, 15) is 4.79 Å². The number of carbonyl (C=O) groups excluding carboxylic acids is 1. The normalized spacial score (nSPS) is 12.2. The van der Waals surface area contributed by atoms with Crippen molar-refractivity contribution in [2.75, 3.05) is 43.3 Å². The molecule has 0 saturated carbocycles. The van der Waals surface area contributed by atoms with Crippen LogP contribution in [0.4, 0.5) is 10.9 Å². The van der Waals surface area contributed by atoms with Gasteiger partial charge in [0, 0.05) is 19.7 Å². The third-order valence-corrected chi connectivity index (χ3v) is 4.25. The predicted octanol–water partition coefficient (Wildman–Crippen LogP) is 1.66. The van der Waals surface area contributed by atoms with Crippen LogP contribution in [-0.2, 0) is 4.74 Å². The smallest absolute Gasteiger partial charge is 0.265 e. The molecule has 6 nitrogen and oxygen atoms in total. The molecule has 0 radical (unpaired) electrons. The Bertz CT molecular complexity index is 426. The molecule has 0 bridgehead atoms. The van der Waals surface area contributed by atoms with Crippen molar-refractivity contribution in [3.63, 3.8) is 0 Å². The molecule has 1 unspecified atom stereocenters. The van der Waals surface area contributed by atoms with Gasteiger partial charge in [-0.2, -0.15) is 11.8 Å². The molecular formula is C12H22N4O2S2. The molecule has 0 aliphatic rings. The molecule has 0 fully saturated rings. The fraction of sp³-hybridized carbons (Fsp3) is 0.667. The molecule has 1 amide bonds. The van der Waals surface area contributed by atoms with E-state index >= 15 is 0 Å². The van der Waals surface area contributed by atoms with Gasteiger partial charge in [-0.3, -0.25) is 4.79 Å². The predicted molar refractivity (Wildman–Crippen MR) is 86.8 cm³/mol. The molecule has 0 saturated heterocycles. The van der Waals surface area contributed by atoms with Crippen molar-refractivity contribution >= 4 is 40.0 Å². The molecule has 8 heteroatoms. The number of thioether (sulfide) groups is 1. The van der Waals surface area contributed by atoms with Crippen molar-refractivity contribution in [1.29, 1.82) is 0 Å². The highest BCUT2D eigenvalue weighted by Gasteiger charge is 2.17. The monoisotopic (exact) mass is 318 g/mol. The molecule has 1 rings (SSSR count). The zero-order valence-electron chi connectivity index (χ0n) is 12.1. The van der Waals surface area contributed by atoms with Gasteiger partial charge in [-0.05, 0) is 25.4 Å². The van der Waals surface area contributed by atoms with Crippen LogP contribution >= 0.6 is 23.1 Å². The summed E-state index contributed by atoms with van der Waals surface area (Å²) in [5, 5.41) is 6.65. The number of nitrogen functional groups attached to an aromatic ring is 1. The highest BCUT2D eigenvalue weighted by molar-refractivity contribution is 7.98. The highest BCUT2D eigenvalue weighted by atomic mass is 32.2. The summed E-state index contributed by atoms with van der Waals surface area (Å²) in [5.41, 5.74) is 5.79. The number of aromatic nitrogens is 1. The zero-order valence-corrected chi connectivity index (χ0v) is 13.7. The second kappa shape index (κ2) is 9.04. The molecule has 20 heavy (non-hydrogen) atoms. The minimum atomic E-state index is -0.159. The van der Waals surface area contributed by atoms with E-state index in [0.717, 1.165) is 12.2 Å².